The van der Waals surface area contributed by atoms with E-state index < -0.39 is 10.0 Å². The molecule has 1 N–H and O–H groups in total. The molecule has 160 valence electrons. The van der Waals surface area contributed by atoms with Crippen molar-refractivity contribution in [2.24, 2.45) is 11.8 Å². The van der Waals surface area contributed by atoms with E-state index in [0.29, 0.717) is 18.3 Å². The Balaban J connectivity index is 1.61. The third kappa shape index (κ3) is 4.80. The Kier molecular flexibility index (Phi) is 6.33. The summed E-state index contributed by atoms with van der Waals surface area (Å²) in [7, 11) is -3.71. The topological polar surface area (TPSA) is 86.8 Å². The zero-order chi connectivity index (χ0) is 21.3. The molecule has 2 heterocycles. The van der Waals surface area contributed by atoms with Crippen LogP contribution in [0.5, 0.6) is 0 Å². The summed E-state index contributed by atoms with van der Waals surface area (Å²) < 4.78 is 27.9. The summed E-state index contributed by atoms with van der Waals surface area (Å²) in [6.45, 7) is 9.30. The van der Waals surface area contributed by atoms with Crippen LogP contribution in [-0.4, -0.2) is 50.8 Å². The van der Waals surface area contributed by atoms with Crippen molar-refractivity contribution in [3.63, 3.8) is 0 Å². The number of piperidine rings is 1. The van der Waals surface area contributed by atoms with Crippen molar-refractivity contribution in [2.75, 3.05) is 24.5 Å². The van der Waals surface area contributed by atoms with Gasteiger partial charge in [0.1, 0.15) is 0 Å². The molecule has 0 spiro atoms. The Morgan fingerprint density at radius 3 is 2.41 bits per heavy atom. The first-order valence-corrected chi connectivity index (χ1v) is 11.8. The Hall–Kier alpha value is -1.93. The van der Waals surface area contributed by atoms with Crippen LogP contribution in [0.25, 0.3) is 0 Å². The van der Waals surface area contributed by atoms with Crippen molar-refractivity contribution in [1.29, 1.82) is 0 Å². The highest BCUT2D eigenvalue weighted by atomic mass is 32.2. The summed E-state index contributed by atoms with van der Waals surface area (Å²) in [5.41, 5.74) is 1.62. The number of rotatable bonds is 5. The first-order chi connectivity index (χ1) is 13.6. The number of carbonyl (C=O) groups is 2. The standard InChI is InChI=1S/C21H31N3O4S/c1-14-9-15(2)13-23(12-14)21(26)7-8-22-29(27,28)19-5-6-20-18(11-19)10-16(3)24(20)17(4)25/h5-6,11,14-16,22H,7-10,12-13H2,1-4H3. The second-order valence-electron chi connectivity index (χ2n) is 8.63. The van der Waals surface area contributed by atoms with Crippen LogP contribution in [0.1, 0.15) is 46.1 Å². The van der Waals surface area contributed by atoms with E-state index in [9.17, 15) is 18.0 Å². The van der Waals surface area contributed by atoms with Crippen LogP contribution in [0.4, 0.5) is 5.69 Å². The predicted molar refractivity (Wildman–Crippen MR) is 112 cm³/mol. The van der Waals surface area contributed by atoms with Gasteiger partial charge in [-0.1, -0.05) is 13.8 Å². The average Bonchev–Trinajstić information content (AvgIpc) is 2.95. The molecule has 29 heavy (non-hydrogen) atoms. The number of carbonyl (C=O) groups excluding carboxylic acids is 2. The minimum Gasteiger partial charge on any atom is -0.342 e. The van der Waals surface area contributed by atoms with Gasteiger partial charge in [0, 0.05) is 44.7 Å². The van der Waals surface area contributed by atoms with Gasteiger partial charge in [-0.3, -0.25) is 9.59 Å². The van der Waals surface area contributed by atoms with Crippen LogP contribution in [0.3, 0.4) is 0 Å². The first-order valence-electron chi connectivity index (χ1n) is 10.3. The van der Waals surface area contributed by atoms with Crippen LogP contribution < -0.4 is 9.62 Å². The molecule has 1 fully saturated rings. The van der Waals surface area contributed by atoms with Crippen molar-refractivity contribution in [3.8, 4) is 0 Å². The van der Waals surface area contributed by atoms with Crippen molar-refractivity contribution in [3.05, 3.63) is 23.8 Å². The van der Waals surface area contributed by atoms with Gasteiger partial charge in [0.15, 0.2) is 0 Å². The summed E-state index contributed by atoms with van der Waals surface area (Å²) in [6, 6.07) is 4.86. The summed E-state index contributed by atoms with van der Waals surface area (Å²) in [6.07, 6.45) is 1.90. The molecule has 3 atom stereocenters. The number of hydrogen-bond donors (Lipinski definition) is 1. The molecule has 2 aliphatic rings. The Morgan fingerprint density at radius 1 is 1.14 bits per heavy atom. The molecule has 0 aromatic heterocycles. The van der Waals surface area contributed by atoms with Crippen molar-refractivity contribution in [2.45, 2.75) is 57.9 Å². The SMILES string of the molecule is CC(=O)N1c2ccc(S(=O)(=O)NCCC(=O)N3CC(C)CC(C)C3)cc2CC1C. The Bertz CT molecular complexity index is 889. The maximum Gasteiger partial charge on any atom is 0.240 e. The van der Waals surface area contributed by atoms with E-state index in [1.165, 1.54) is 13.0 Å². The second-order valence-corrected chi connectivity index (χ2v) is 10.4. The summed E-state index contributed by atoms with van der Waals surface area (Å²) in [4.78, 5) is 28.0. The van der Waals surface area contributed by atoms with E-state index in [4.69, 9.17) is 0 Å². The zero-order valence-corrected chi connectivity index (χ0v) is 18.5. The molecular weight excluding hydrogens is 390 g/mol. The lowest BCUT2D eigenvalue weighted by Gasteiger charge is -2.35. The van der Waals surface area contributed by atoms with Crippen LogP contribution >= 0.6 is 0 Å². The molecule has 0 bridgehead atoms. The lowest BCUT2D eigenvalue weighted by Crippen LogP contribution is -2.43. The van der Waals surface area contributed by atoms with Crippen molar-refractivity contribution >= 4 is 27.5 Å². The highest BCUT2D eigenvalue weighted by Crippen LogP contribution is 2.33. The quantitative estimate of drug-likeness (QED) is 0.789. The molecule has 1 aromatic carbocycles. The Labute approximate surface area is 173 Å². The fraction of sp³-hybridized carbons (Fsp3) is 0.619. The number of likely N-dealkylation sites (tertiary alicyclic amines) is 1. The van der Waals surface area contributed by atoms with Gasteiger partial charge in [0.25, 0.3) is 0 Å². The van der Waals surface area contributed by atoms with Gasteiger partial charge >= 0.3 is 0 Å². The van der Waals surface area contributed by atoms with Crippen LogP contribution in [0.15, 0.2) is 23.1 Å². The summed E-state index contributed by atoms with van der Waals surface area (Å²) in [5.74, 6) is 0.890. The highest BCUT2D eigenvalue weighted by Gasteiger charge is 2.30. The van der Waals surface area contributed by atoms with E-state index in [2.05, 4.69) is 18.6 Å². The van der Waals surface area contributed by atoms with Gasteiger partial charge in [0.05, 0.1) is 4.90 Å². The number of fused-ring (bicyclic) bond motifs is 1. The van der Waals surface area contributed by atoms with E-state index in [1.54, 1.807) is 17.0 Å². The normalized spacial score (nSPS) is 24.5. The number of nitrogens with one attached hydrogen (secondary N) is 1. The molecule has 7 nitrogen and oxygen atoms in total. The average molecular weight is 422 g/mol. The van der Waals surface area contributed by atoms with Gasteiger partial charge in [0.2, 0.25) is 21.8 Å². The minimum absolute atomic E-state index is 0.00835. The van der Waals surface area contributed by atoms with Gasteiger partial charge < -0.3 is 9.80 Å². The molecular formula is C21H31N3O4S. The third-order valence-corrected chi connectivity index (χ3v) is 7.23. The molecule has 1 saturated heterocycles. The fourth-order valence-corrected chi connectivity index (χ4v) is 5.74. The first kappa shape index (κ1) is 21.8. The fourth-order valence-electron chi connectivity index (χ4n) is 4.65. The number of nitrogens with zero attached hydrogens (tertiary/aromatic N) is 2. The maximum atomic E-state index is 12.7. The van der Waals surface area contributed by atoms with Crippen LogP contribution in [0.2, 0.25) is 0 Å². The smallest absolute Gasteiger partial charge is 0.240 e. The zero-order valence-electron chi connectivity index (χ0n) is 17.6. The number of anilines is 1. The Morgan fingerprint density at radius 2 is 1.79 bits per heavy atom. The second kappa shape index (κ2) is 8.44. The van der Waals surface area contributed by atoms with E-state index in [0.717, 1.165) is 30.8 Å². The largest absolute Gasteiger partial charge is 0.342 e. The number of amides is 2. The molecule has 2 amide bonds. The molecule has 8 heteroatoms. The van der Waals surface area contributed by atoms with Gasteiger partial charge in [-0.05, 0) is 55.4 Å². The van der Waals surface area contributed by atoms with E-state index >= 15 is 0 Å². The predicted octanol–water partition coefficient (Wildman–Crippen LogP) is 2.16. The molecule has 3 rings (SSSR count). The summed E-state index contributed by atoms with van der Waals surface area (Å²) >= 11 is 0. The molecule has 0 radical (unpaired) electrons. The number of hydrogen-bond acceptors (Lipinski definition) is 4. The lowest BCUT2D eigenvalue weighted by molar-refractivity contribution is -0.133. The van der Waals surface area contributed by atoms with Gasteiger partial charge in [-0.2, -0.15) is 0 Å². The van der Waals surface area contributed by atoms with Crippen LogP contribution in [0, 0.1) is 11.8 Å². The minimum atomic E-state index is -3.71. The number of sulfonamides is 1. The van der Waals surface area contributed by atoms with Crippen LogP contribution in [-0.2, 0) is 26.0 Å². The molecule has 1 aromatic rings. The van der Waals surface area contributed by atoms with Gasteiger partial charge in [-0.25, -0.2) is 13.1 Å². The summed E-state index contributed by atoms with van der Waals surface area (Å²) in [5, 5.41) is 0. The lowest BCUT2D eigenvalue weighted by atomic mass is 9.92. The van der Waals surface area contributed by atoms with Crippen molar-refractivity contribution in [1.82, 2.24) is 9.62 Å². The highest BCUT2D eigenvalue weighted by molar-refractivity contribution is 7.89. The molecule has 0 aliphatic carbocycles. The number of benzene rings is 1. The molecule has 0 saturated carbocycles. The maximum absolute atomic E-state index is 12.7. The van der Waals surface area contributed by atoms with E-state index in [1.807, 2.05) is 11.8 Å². The van der Waals surface area contributed by atoms with Gasteiger partial charge in [-0.15, -0.1) is 0 Å². The molecule has 3 unspecified atom stereocenters. The monoisotopic (exact) mass is 421 g/mol. The van der Waals surface area contributed by atoms with Crippen molar-refractivity contribution < 1.29 is 18.0 Å². The molecule has 2 aliphatic heterocycles. The van der Waals surface area contributed by atoms with E-state index in [-0.39, 0.29) is 35.7 Å². The third-order valence-electron chi connectivity index (χ3n) is 5.77.